The Morgan fingerprint density at radius 2 is 2.16 bits per heavy atom. The van der Waals surface area contributed by atoms with E-state index in [1.54, 1.807) is 0 Å². The highest BCUT2D eigenvalue weighted by Gasteiger charge is 2.71. The smallest absolute Gasteiger partial charge is 0.241 e. The first-order valence-electron chi connectivity index (χ1n) is 7.27. The van der Waals surface area contributed by atoms with Crippen LogP contribution in [0.1, 0.15) is 26.7 Å². The summed E-state index contributed by atoms with van der Waals surface area (Å²) in [6.07, 6.45) is 2.07. The second-order valence-corrected chi connectivity index (χ2v) is 7.00. The summed E-state index contributed by atoms with van der Waals surface area (Å²) >= 11 is 0. The number of nitrogens with one attached hydrogen (secondary N) is 1. The number of likely N-dealkylation sites (tertiary alicyclic amines) is 1. The molecule has 0 aromatic rings. The Bertz CT molecular complexity index is 398. The summed E-state index contributed by atoms with van der Waals surface area (Å²) in [6.45, 7) is 6.81. The molecule has 2 saturated heterocycles. The van der Waals surface area contributed by atoms with Gasteiger partial charge in [-0.15, -0.1) is 0 Å². The van der Waals surface area contributed by atoms with E-state index in [4.69, 9.17) is 10.5 Å². The quantitative estimate of drug-likeness (QED) is 0.736. The van der Waals surface area contributed by atoms with Gasteiger partial charge in [-0.05, 0) is 26.4 Å². The first-order chi connectivity index (χ1) is 8.87. The average molecular weight is 267 g/mol. The van der Waals surface area contributed by atoms with Gasteiger partial charge in [0.15, 0.2) is 0 Å². The third kappa shape index (κ3) is 1.68. The van der Waals surface area contributed by atoms with Crippen LogP contribution in [0.5, 0.6) is 0 Å². The predicted molar refractivity (Wildman–Crippen MR) is 72.6 cm³/mol. The standard InChI is InChI=1S/C14H25N3O2/c1-13(2)11-10(5-7-19-11)14(13,15)12(18)16-9-4-6-17(3)8-9/h9-11H,4-8,15H2,1-3H3,(H,16,18). The minimum absolute atomic E-state index is 0.0181. The first kappa shape index (κ1) is 13.3. The lowest BCUT2D eigenvalue weighted by atomic mass is 9.48. The number of likely N-dealkylation sites (N-methyl/N-ethyl adjacent to an activating group) is 1. The lowest BCUT2D eigenvalue weighted by Crippen LogP contribution is -2.80. The van der Waals surface area contributed by atoms with Crippen LogP contribution in [0.2, 0.25) is 0 Å². The van der Waals surface area contributed by atoms with Gasteiger partial charge in [0.2, 0.25) is 5.91 Å². The first-order valence-corrected chi connectivity index (χ1v) is 7.27. The summed E-state index contributed by atoms with van der Waals surface area (Å²) < 4.78 is 5.73. The van der Waals surface area contributed by atoms with Gasteiger partial charge in [-0.1, -0.05) is 13.8 Å². The van der Waals surface area contributed by atoms with Crippen LogP contribution in [-0.4, -0.2) is 55.2 Å². The van der Waals surface area contributed by atoms with Crippen LogP contribution in [0.3, 0.4) is 0 Å². The van der Waals surface area contributed by atoms with Crippen LogP contribution < -0.4 is 11.1 Å². The molecular weight excluding hydrogens is 242 g/mol. The van der Waals surface area contributed by atoms with Crippen molar-refractivity contribution in [1.29, 1.82) is 0 Å². The van der Waals surface area contributed by atoms with Crippen molar-refractivity contribution >= 4 is 5.91 Å². The van der Waals surface area contributed by atoms with Crippen molar-refractivity contribution in [3.8, 4) is 0 Å². The minimum atomic E-state index is -0.769. The third-order valence-electron chi connectivity index (χ3n) is 5.56. The summed E-state index contributed by atoms with van der Waals surface area (Å²) in [6, 6.07) is 0.245. The zero-order valence-corrected chi connectivity index (χ0v) is 12.1. The van der Waals surface area contributed by atoms with E-state index in [1.165, 1.54) is 0 Å². The van der Waals surface area contributed by atoms with Crippen LogP contribution >= 0.6 is 0 Å². The SMILES string of the molecule is CN1CCC(NC(=O)C2(N)C3CCOC3C2(C)C)C1. The Hall–Kier alpha value is -0.650. The molecule has 4 unspecified atom stereocenters. The molecule has 3 aliphatic rings. The van der Waals surface area contributed by atoms with E-state index in [-0.39, 0.29) is 29.4 Å². The number of amides is 1. The number of nitrogens with zero attached hydrogens (tertiary/aromatic N) is 1. The molecule has 3 N–H and O–H groups in total. The molecule has 0 aromatic carbocycles. The van der Waals surface area contributed by atoms with E-state index in [0.29, 0.717) is 0 Å². The van der Waals surface area contributed by atoms with E-state index in [9.17, 15) is 4.79 Å². The third-order valence-corrected chi connectivity index (χ3v) is 5.56. The molecule has 0 bridgehead atoms. The monoisotopic (exact) mass is 267 g/mol. The van der Waals surface area contributed by atoms with Crippen molar-refractivity contribution in [3.63, 3.8) is 0 Å². The number of nitrogens with two attached hydrogens (primary N) is 1. The number of rotatable bonds is 2. The van der Waals surface area contributed by atoms with Gasteiger partial charge < -0.3 is 20.7 Å². The fourth-order valence-corrected chi connectivity index (χ4v) is 4.20. The fraction of sp³-hybridized carbons (Fsp3) is 0.929. The summed E-state index contributed by atoms with van der Waals surface area (Å²) in [7, 11) is 2.08. The van der Waals surface area contributed by atoms with Gasteiger partial charge in [0.1, 0.15) is 5.54 Å². The lowest BCUT2D eigenvalue weighted by Gasteiger charge is -2.60. The van der Waals surface area contributed by atoms with Crippen molar-refractivity contribution in [2.45, 2.75) is 44.4 Å². The largest absolute Gasteiger partial charge is 0.377 e. The van der Waals surface area contributed by atoms with Gasteiger partial charge in [0.05, 0.1) is 6.10 Å². The van der Waals surface area contributed by atoms with Crippen LogP contribution in [0, 0.1) is 11.3 Å². The minimum Gasteiger partial charge on any atom is -0.377 e. The highest BCUT2D eigenvalue weighted by molar-refractivity contribution is 5.89. The summed E-state index contributed by atoms with van der Waals surface area (Å²) in [5.41, 5.74) is 5.47. The van der Waals surface area contributed by atoms with E-state index < -0.39 is 5.54 Å². The normalized spacial score (nSPS) is 44.7. The summed E-state index contributed by atoms with van der Waals surface area (Å²) in [5, 5.41) is 3.16. The van der Waals surface area contributed by atoms with Crippen molar-refractivity contribution in [3.05, 3.63) is 0 Å². The van der Waals surface area contributed by atoms with Gasteiger partial charge in [0.25, 0.3) is 0 Å². The number of hydrogen-bond acceptors (Lipinski definition) is 4. The second kappa shape index (κ2) is 4.17. The lowest BCUT2D eigenvalue weighted by molar-refractivity contribution is -0.175. The number of hydrogen-bond donors (Lipinski definition) is 2. The zero-order chi connectivity index (χ0) is 13.8. The molecule has 5 nitrogen and oxygen atoms in total. The number of carbonyl (C=O) groups excluding carboxylic acids is 1. The predicted octanol–water partition coefficient (Wildman–Crippen LogP) is -0.0509. The van der Waals surface area contributed by atoms with Gasteiger partial charge in [-0.3, -0.25) is 4.79 Å². The molecule has 5 heteroatoms. The maximum atomic E-state index is 12.7. The Morgan fingerprint density at radius 1 is 1.42 bits per heavy atom. The van der Waals surface area contributed by atoms with Crippen LogP contribution in [0.15, 0.2) is 0 Å². The molecule has 4 atom stereocenters. The maximum absolute atomic E-state index is 12.7. The highest BCUT2D eigenvalue weighted by Crippen LogP contribution is 2.58. The molecule has 19 heavy (non-hydrogen) atoms. The molecule has 1 aliphatic carbocycles. The molecule has 1 amide bonds. The average Bonchev–Trinajstić information content (AvgIpc) is 2.96. The van der Waals surface area contributed by atoms with E-state index >= 15 is 0 Å². The summed E-state index contributed by atoms with van der Waals surface area (Å²) in [4.78, 5) is 14.9. The molecule has 3 rings (SSSR count). The van der Waals surface area contributed by atoms with Gasteiger partial charge in [-0.2, -0.15) is 0 Å². The van der Waals surface area contributed by atoms with Crippen molar-refractivity contribution < 1.29 is 9.53 Å². The van der Waals surface area contributed by atoms with Gasteiger partial charge >= 0.3 is 0 Å². The summed E-state index contributed by atoms with van der Waals surface area (Å²) in [5.74, 6) is 0.200. The van der Waals surface area contributed by atoms with Crippen LogP contribution in [0.25, 0.3) is 0 Å². The zero-order valence-electron chi connectivity index (χ0n) is 12.1. The van der Waals surface area contributed by atoms with Gasteiger partial charge in [-0.25, -0.2) is 0 Å². The Labute approximate surface area is 114 Å². The van der Waals surface area contributed by atoms with E-state index in [2.05, 4.69) is 31.1 Å². The van der Waals surface area contributed by atoms with Gasteiger partial charge in [0, 0.05) is 30.5 Å². The Morgan fingerprint density at radius 3 is 2.79 bits per heavy atom. The molecule has 108 valence electrons. The van der Waals surface area contributed by atoms with Crippen molar-refractivity contribution in [2.24, 2.45) is 17.1 Å². The molecule has 0 spiro atoms. The van der Waals surface area contributed by atoms with Crippen LogP contribution in [0.4, 0.5) is 0 Å². The fourth-order valence-electron chi connectivity index (χ4n) is 4.20. The topological polar surface area (TPSA) is 67.6 Å². The maximum Gasteiger partial charge on any atom is 0.241 e. The molecule has 0 aromatic heterocycles. The molecule has 2 heterocycles. The molecule has 0 radical (unpaired) electrons. The van der Waals surface area contributed by atoms with Crippen LogP contribution in [-0.2, 0) is 9.53 Å². The highest BCUT2D eigenvalue weighted by atomic mass is 16.5. The molecular formula is C14H25N3O2. The molecule has 3 fully saturated rings. The molecule has 2 aliphatic heterocycles. The Kier molecular flexibility index (Phi) is 2.93. The second-order valence-electron chi connectivity index (χ2n) is 7.00. The number of fused-ring (bicyclic) bond motifs is 1. The Balaban J connectivity index is 1.72. The van der Waals surface area contributed by atoms with Crippen molar-refractivity contribution in [1.82, 2.24) is 10.2 Å². The van der Waals surface area contributed by atoms with E-state index in [0.717, 1.165) is 32.5 Å². The molecule has 1 saturated carbocycles. The van der Waals surface area contributed by atoms with E-state index in [1.807, 2.05) is 0 Å². The van der Waals surface area contributed by atoms with Crippen molar-refractivity contribution in [2.75, 3.05) is 26.7 Å². The number of carbonyl (C=O) groups is 1. The number of ether oxygens (including phenoxy) is 1.